The highest BCUT2D eigenvalue weighted by Crippen LogP contribution is 2.23. The second-order valence-corrected chi connectivity index (χ2v) is 5.60. The smallest absolute Gasteiger partial charge is 0.261 e. The largest absolute Gasteiger partial charge is 0.472 e. The molecule has 1 aromatic heterocycles. The van der Waals surface area contributed by atoms with Gasteiger partial charge in [-0.1, -0.05) is 12.1 Å². The van der Waals surface area contributed by atoms with E-state index in [0.717, 1.165) is 17.1 Å². The van der Waals surface area contributed by atoms with Gasteiger partial charge in [0.2, 0.25) is 0 Å². The van der Waals surface area contributed by atoms with Crippen molar-refractivity contribution in [2.75, 3.05) is 12.3 Å². The number of carbonyl (C=O) groups excluding carboxylic acids is 2. The summed E-state index contributed by atoms with van der Waals surface area (Å²) in [6.45, 7) is 0.439. The highest BCUT2D eigenvalue weighted by Gasteiger charge is 2.34. The minimum atomic E-state index is -0.186. The monoisotopic (exact) mass is 287 g/mol. The van der Waals surface area contributed by atoms with E-state index in [0.29, 0.717) is 17.7 Å². The maximum absolute atomic E-state index is 12.1. The Hall–Kier alpha value is -2.01. The fourth-order valence-electron chi connectivity index (χ4n) is 2.16. The van der Waals surface area contributed by atoms with Crippen LogP contribution in [0.4, 0.5) is 0 Å². The normalized spacial score (nSPS) is 13.9. The van der Waals surface area contributed by atoms with Crippen molar-refractivity contribution in [2.45, 2.75) is 5.75 Å². The van der Waals surface area contributed by atoms with Gasteiger partial charge in [-0.3, -0.25) is 14.5 Å². The van der Waals surface area contributed by atoms with Gasteiger partial charge in [-0.2, -0.15) is 11.8 Å². The van der Waals surface area contributed by atoms with Crippen LogP contribution in [0.3, 0.4) is 0 Å². The average molecular weight is 287 g/mol. The first-order valence-corrected chi connectivity index (χ1v) is 7.47. The Balaban J connectivity index is 1.57. The molecular formula is C15H13NO3S. The molecule has 102 valence electrons. The molecule has 2 aromatic rings. The molecule has 1 aliphatic heterocycles. The quantitative estimate of drug-likeness (QED) is 0.627. The number of thioether (sulfide) groups is 1. The van der Waals surface area contributed by atoms with Crippen LogP contribution in [0.5, 0.6) is 0 Å². The molecule has 0 aliphatic carbocycles. The fourth-order valence-corrected chi connectivity index (χ4v) is 3.02. The molecule has 0 N–H and O–H groups in total. The van der Waals surface area contributed by atoms with E-state index >= 15 is 0 Å². The van der Waals surface area contributed by atoms with Crippen LogP contribution in [-0.4, -0.2) is 29.0 Å². The molecule has 20 heavy (non-hydrogen) atoms. The Morgan fingerprint density at radius 2 is 1.75 bits per heavy atom. The lowest BCUT2D eigenvalue weighted by Crippen LogP contribution is -2.31. The minimum Gasteiger partial charge on any atom is -0.472 e. The third-order valence-corrected chi connectivity index (χ3v) is 4.19. The predicted octanol–water partition coefficient (Wildman–Crippen LogP) is 2.81. The van der Waals surface area contributed by atoms with Crippen molar-refractivity contribution in [3.63, 3.8) is 0 Å². The zero-order valence-corrected chi connectivity index (χ0v) is 11.6. The summed E-state index contributed by atoms with van der Waals surface area (Å²) in [6.07, 6.45) is 3.34. The Kier molecular flexibility index (Phi) is 3.60. The van der Waals surface area contributed by atoms with E-state index in [-0.39, 0.29) is 11.8 Å². The number of imide groups is 1. The van der Waals surface area contributed by atoms with Gasteiger partial charge < -0.3 is 4.42 Å². The van der Waals surface area contributed by atoms with Crippen LogP contribution < -0.4 is 0 Å². The maximum atomic E-state index is 12.1. The molecule has 3 rings (SSSR count). The van der Waals surface area contributed by atoms with Gasteiger partial charge in [-0.05, 0) is 18.2 Å². The second kappa shape index (κ2) is 5.54. The van der Waals surface area contributed by atoms with Crippen LogP contribution in [-0.2, 0) is 5.75 Å². The van der Waals surface area contributed by atoms with Crippen molar-refractivity contribution < 1.29 is 14.0 Å². The molecule has 0 bridgehead atoms. The lowest BCUT2D eigenvalue weighted by atomic mass is 10.1. The summed E-state index contributed by atoms with van der Waals surface area (Å²) < 4.78 is 4.99. The van der Waals surface area contributed by atoms with Gasteiger partial charge in [-0.25, -0.2) is 0 Å². The Bertz CT molecular complexity index is 601. The Labute approximate surface area is 120 Å². The van der Waals surface area contributed by atoms with Crippen LogP contribution in [0.15, 0.2) is 47.3 Å². The van der Waals surface area contributed by atoms with Crippen molar-refractivity contribution in [1.82, 2.24) is 4.90 Å². The summed E-state index contributed by atoms with van der Waals surface area (Å²) in [4.78, 5) is 25.5. The zero-order valence-electron chi connectivity index (χ0n) is 10.7. The van der Waals surface area contributed by atoms with E-state index < -0.39 is 0 Å². The van der Waals surface area contributed by atoms with Gasteiger partial charge in [0.1, 0.15) is 0 Å². The van der Waals surface area contributed by atoms with E-state index in [1.165, 1.54) is 4.90 Å². The van der Waals surface area contributed by atoms with Gasteiger partial charge >= 0.3 is 0 Å². The number of nitrogens with zero attached hydrogens (tertiary/aromatic N) is 1. The van der Waals surface area contributed by atoms with Crippen LogP contribution in [0, 0.1) is 0 Å². The van der Waals surface area contributed by atoms with E-state index in [2.05, 4.69) is 0 Å². The molecule has 5 heteroatoms. The van der Waals surface area contributed by atoms with E-state index in [1.807, 2.05) is 6.07 Å². The van der Waals surface area contributed by atoms with E-state index in [9.17, 15) is 9.59 Å². The SMILES string of the molecule is O=C1c2ccccc2C(=O)N1CCSCc1ccoc1. The van der Waals surface area contributed by atoms with Crippen LogP contribution in [0.2, 0.25) is 0 Å². The molecule has 2 heterocycles. The number of rotatable bonds is 5. The first kappa shape index (κ1) is 13.0. The van der Waals surface area contributed by atoms with Crippen LogP contribution in [0.1, 0.15) is 26.3 Å². The van der Waals surface area contributed by atoms with Crippen molar-refractivity contribution in [1.29, 1.82) is 0 Å². The van der Waals surface area contributed by atoms with Crippen molar-refractivity contribution >= 4 is 23.6 Å². The zero-order chi connectivity index (χ0) is 13.9. The number of amides is 2. The molecule has 1 aromatic carbocycles. The molecule has 0 fully saturated rings. The van der Waals surface area contributed by atoms with Gasteiger partial charge in [0.25, 0.3) is 11.8 Å². The van der Waals surface area contributed by atoms with E-state index in [4.69, 9.17) is 4.42 Å². The van der Waals surface area contributed by atoms with Gasteiger partial charge in [0.05, 0.1) is 23.7 Å². The first-order valence-electron chi connectivity index (χ1n) is 6.31. The fraction of sp³-hybridized carbons (Fsp3) is 0.200. The third kappa shape index (κ3) is 2.36. The topological polar surface area (TPSA) is 50.5 Å². The summed E-state index contributed by atoms with van der Waals surface area (Å²) >= 11 is 1.67. The second-order valence-electron chi connectivity index (χ2n) is 4.49. The molecule has 0 spiro atoms. The number of furan rings is 1. The molecule has 1 aliphatic rings. The molecule has 0 saturated carbocycles. The number of fused-ring (bicyclic) bond motifs is 1. The van der Waals surface area contributed by atoms with Crippen molar-refractivity contribution in [3.8, 4) is 0 Å². The summed E-state index contributed by atoms with van der Waals surface area (Å²) in [7, 11) is 0. The van der Waals surface area contributed by atoms with Gasteiger partial charge in [0, 0.05) is 23.6 Å². The number of carbonyl (C=O) groups is 2. The lowest BCUT2D eigenvalue weighted by Gasteiger charge is -2.12. The number of benzene rings is 1. The van der Waals surface area contributed by atoms with Crippen LogP contribution in [0.25, 0.3) is 0 Å². The molecule has 4 nitrogen and oxygen atoms in total. The number of hydrogen-bond acceptors (Lipinski definition) is 4. The Morgan fingerprint density at radius 3 is 2.35 bits per heavy atom. The van der Waals surface area contributed by atoms with Crippen LogP contribution >= 0.6 is 11.8 Å². The highest BCUT2D eigenvalue weighted by atomic mass is 32.2. The summed E-state index contributed by atoms with van der Waals surface area (Å²) in [5.74, 6) is 1.17. The van der Waals surface area contributed by atoms with E-state index in [1.54, 1.807) is 48.6 Å². The molecule has 0 radical (unpaired) electrons. The Morgan fingerprint density at radius 1 is 1.05 bits per heavy atom. The summed E-state index contributed by atoms with van der Waals surface area (Å²) in [5, 5.41) is 0. The standard InChI is InChI=1S/C15H13NO3S/c17-14-12-3-1-2-4-13(12)15(18)16(14)6-8-20-10-11-5-7-19-9-11/h1-5,7,9H,6,8,10H2. The highest BCUT2D eigenvalue weighted by molar-refractivity contribution is 7.98. The minimum absolute atomic E-state index is 0.186. The summed E-state index contributed by atoms with van der Waals surface area (Å²) in [6, 6.07) is 8.87. The third-order valence-electron chi connectivity index (χ3n) is 3.19. The van der Waals surface area contributed by atoms with Crippen molar-refractivity contribution in [2.24, 2.45) is 0 Å². The summed E-state index contributed by atoms with van der Waals surface area (Å²) in [5.41, 5.74) is 2.13. The molecular weight excluding hydrogens is 274 g/mol. The van der Waals surface area contributed by atoms with Gasteiger partial charge in [0.15, 0.2) is 0 Å². The van der Waals surface area contributed by atoms with Crippen molar-refractivity contribution in [3.05, 3.63) is 59.5 Å². The van der Waals surface area contributed by atoms with Gasteiger partial charge in [-0.15, -0.1) is 0 Å². The maximum Gasteiger partial charge on any atom is 0.261 e. The molecule has 0 atom stereocenters. The first-order chi connectivity index (χ1) is 9.77. The molecule has 0 saturated heterocycles. The average Bonchev–Trinajstić information content (AvgIpc) is 3.06. The lowest BCUT2D eigenvalue weighted by molar-refractivity contribution is 0.0664. The molecule has 0 unspecified atom stereocenters. The number of hydrogen-bond donors (Lipinski definition) is 0. The predicted molar refractivity (Wildman–Crippen MR) is 76.7 cm³/mol. The molecule has 2 amide bonds.